The molecule has 2 unspecified atom stereocenters. The maximum atomic E-state index is 12.3. The number of aromatic nitrogens is 2. The molecule has 2 atom stereocenters. The molecule has 0 radical (unpaired) electrons. The van der Waals surface area contributed by atoms with Crippen LogP contribution in [-0.4, -0.2) is 44.8 Å². The second kappa shape index (κ2) is 7.24. The molecule has 1 aliphatic rings. The smallest absolute Gasteiger partial charge is 0.303 e. The predicted octanol–water partition coefficient (Wildman–Crippen LogP) is 1.62. The number of carbonyl (C=O) groups excluding carboxylic acids is 1. The fraction of sp³-hybridized carbons (Fsp3) is 0.667. The van der Waals surface area contributed by atoms with Crippen molar-refractivity contribution in [1.29, 1.82) is 0 Å². The molecule has 0 bridgehead atoms. The number of carboxylic acids is 1. The van der Waals surface area contributed by atoms with Gasteiger partial charge >= 0.3 is 5.97 Å². The summed E-state index contributed by atoms with van der Waals surface area (Å²) < 4.78 is 1.76. The zero-order valence-electron chi connectivity index (χ0n) is 12.4. The minimum absolute atomic E-state index is 0.115. The number of hydrogen-bond donors (Lipinski definition) is 1. The van der Waals surface area contributed by atoms with Gasteiger partial charge < -0.3 is 10.0 Å². The molecule has 0 spiro atoms. The van der Waals surface area contributed by atoms with Gasteiger partial charge in [-0.05, 0) is 30.7 Å². The van der Waals surface area contributed by atoms with Crippen molar-refractivity contribution >= 4 is 11.9 Å². The third-order valence-electron chi connectivity index (χ3n) is 4.23. The zero-order chi connectivity index (χ0) is 15.2. The Morgan fingerprint density at radius 1 is 1.48 bits per heavy atom. The summed E-state index contributed by atoms with van der Waals surface area (Å²) >= 11 is 0. The molecule has 21 heavy (non-hydrogen) atoms. The highest BCUT2D eigenvalue weighted by Crippen LogP contribution is 2.26. The van der Waals surface area contributed by atoms with Crippen molar-refractivity contribution in [3.63, 3.8) is 0 Å². The average molecular weight is 293 g/mol. The minimum atomic E-state index is -0.760. The number of likely N-dealkylation sites (tertiary alicyclic amines) is 1. The molecule has 6 nitrogen and oxygen atoms in total. The van der Waals surface area contributed by atoms with Gasteiger partial charge in [0.2, 0.25) is 5.91 Å². The molecule has 116 valence electrons. The number of aryl methyl sites for hydroxylation is 1. The van der Waals surface area contributed by atoms with Crippen molar-refractivity contribution in [2.75, 3.05) is 13.1 Å². The second-order valence-corrected chi connectivity index (χ2v) is 5.84. The first kappa shape index (κ1) is 15.5. The van der Waals surface area contributed by atoms with Gasteiger partial charge in [0.25, 0.3) is 0 Å². The lowest BCUT2D eigenvalue weighted by Gasteiger charge is -2.35. The Hall–Kier alpha value is -1.85. The first-order valence-corrected chi connectivity index (χ1v) is 7.53. The lowest BCUT2D eigenvalue weighted by atomic mass is 9.84. The molecular weight excluding hydrogens is 270 g/mol. The van der Waals surface area contributed by atoms with Gasteiger partial charge in [-0.25, -0.2) is 0 Å². The molecule has 1 fully saturated rings. The van der Waals surface area contributed by atoms with Gasteiger partial charge in [-0.3, -0.25) is 14.3 Å². The van der Waals surface area contributed by atoms with Crippen molar-refractivity contribution in [3.05, 3.63) is 18.5 Å². The van der Waals surface area contributed by atoms with Crippen molar-refractivity contribution < 1.29 is 14.7 Å². The molecular formula is C15H23N3O3. The Balaban J connectivity index is 1.82. The fourth-order valence-corrected chi connectivity index (χ4v) is 2.94. The number of carbonyl (C=O) groups is 2. The molecule has 0 aliphatic carbocycles. The molecule has 1 aliphatic heterocycles. The Labute approximate surface area is 124 Å². The van der Waals surface area contributed by atoms with E-state index in [1.807, 2.05) is 24.1 Å². The molecule has 1 aromatic heterocycles. The Morgan fingerprint density at radius 3 is 2.95 bits per heavy atom. The number of rotatable bonds is 6. The normalized spacial score (nSPS) is 20.2. The van der Waals surface area contributed by atoms with Crippen LogP contribution >= 0.6 is 0 Å². The van der Waals surface area contributed by atoms with Crippen LogP contribution < -0.4 is 0 Å². The summed E-state index contributed by atoms with van der Waals surface area (Å²) in [6, 6.07) is 1.84. The lowest BCUT2D eigenvalue weighted by Crippen LogP contribution is -2.42. The van der Waals surface area contributed by atoms with E-state index in [0.29, 0.717) is 25.4 Å². The molecule has 1 N–H and O–H groups in total. The molecule has 1 amide bonds. The summed E-state index contributed by atoms with van der Waals surface area (Å²) in [5.41, 5.74) is 0. The number of nitrogens with zero attached hydrogens (tertiary/aromatic N) is 3. The van der Waals surface area contributed by atoms with Crippen molar-refractivity contribution in [2.24, 2.45) is 11.8 Å². The highest BCUT2D eigenvalue weighted by atomic mass is 16.4. The largest absolute Gasteiger partial charge is 0.481 e. The molecule has 1 saturated heterocycles. The van der Waals surface area contributed by atoms with Gasteiger partial charge in [-0.2, -0.15) is 5.10 Å². The maximum Gasteiger partial charge on any atom is 0.303 e. The van der Waals surface area contributed by atoms with Gasteiger partial charge in [0.1, 0.15) is 0 Å². The molecule has 2 rings (SSSR count). The number of aliphatic carboxylic acids is 1. The van der Waals surface area contributed by atoms with Crippen LogP contribution in [0.25, 0.3) is 0 Å². The van der Waals surface area contributed by atoms with Gasteiger partial charge in [0.05, 0.1) is 0 Å². The predicted molar refractivity (Wildman–Crippen MR) is 77.6 cm³/mol. The van der Waals surface area contributed by atoms with Crippen molar-refractivity contribution in [1.82, 2.24) is 14.7 Å². The highest BCUT2D eigenvalue weighted by molar-refractivity contribution is 5.76. The van der Waals surface area contributed by atoms with Crippen LogP contribution in [0.4, 0.5) is 0 Å². The third-order valence-corrected chi connectivity index (χ3v) is 4.23. The van der Waals surface area contributed by atoms with Crippen molar-refractivity contribution in [2.45, 2.75) is 39.2 Å². The van der Waals surface area contributed by atoms with E-state index >= 15 is 0 Å². The number of piperidine rings is 1. The molecule has 0 aromatic carbocycles. The number of hydrogen-bond acceptors (Lipinski definition) is 3. The Kier molecular flexibility index (Phi) is 5.36. The lowest BCUT2D eigenvalue weighted by molar-refractivity contribution is -0.138. The fourth-order valence-electron chi connectivity index (χ4n) is 2.94. The summed E-state index contributed by atoms with van der Waals surface area (Å²) in [6.45, 7) is 4.04. The zero-order valence-corrected chi connectivity index (χ0v) is 12.4. The topological polar surface area (TPSA) is 75.4 Å². The van der Waals surface area contributed by atoms with E-state index in [1.165, 1.54) is 0 Å². The van der Waals surface area contributed by atoms with Crippen LogP contribution in [0.1, 0.15) is 32.6 Å². The number of amides is 1. The van der Waals surface area contributed by atoms with Gasteiger partial charge in [0, 0.05) is 44.9 Å². The van der Waals surface area contributed by atoms with Crippen LogP contribution in [0.5, 0.6) is 0 Å². The summed E-state index contributed by atoms with van der Waals surface area (Å²) in [6.07, 6.45) is 6.15. The summed E-state index contributed by atoms with van der Waals surface area (Å²) in [5.74, 6) is -0.213. The van der Waals surface area contributed by atoms with Crippen LogP contribution in [0.15, 0.2) is 18.5 Å². The van der Waals surface area contributed by atoms with E-state index in [2.05, 4.69) is 5.10 Å². The van der Waals surface area contributed by atoms with E-state index in [4.69, 9.17) is 5.11 Å². The first-order valence-electron chi connectivity index (χ1n) is 7.53. The quantitative estimate of drug-likeness (QED) is 0.865. The monoisotopic (exact) mass is 293 g/mol. The summed E-state index contributed by atoms with van der Waals surface area (Å²) in [7, 11) is 0. The van der Waals surface area contributed by atoms with Gasteiger partial charge in [0.15, 0.2) is 0 Å². The van der Waals surface area contributed by atoms with Crippen LogP contribution in [0.3, 0.4) is 0 Å². The van der Waals surface area contributed by atoms with E-state index in [0.717, 1.165) is 19.4 Å². The average Bonchev–Trinajstić information content (AvgIpc) is 2.97. The van der Waals surface area contributed by atoms with Crippen LogP contribution in [-0.2, 0) is 16.1 Å². The SMILES string of the molecule is CC(CC(=O)O)C1CCCN(C(=O)CCn2cccn2)C1. The van der Waals surface area contributed by atoms with Crippen LogP contribution in [0.2, 0.25) is 0 Å². The van der Waals surface area contributed by atoms with Crippen molar-refractivity contribution in [3.8, 4) is 0 Å². The Morgan fingerprint density at radius 2 is 2.29 bits per heavy atom. The second-order valence-electron chi connectivity index (χ2n) is 5.84. The van der Waals surface area contributed by atoms with E-state index in [1.54, 1.807) is 10.9 Å². The standard InChI is InChI=1S/C15H23N3O3/c1-12(10-15(20)21)13-4-2-7-17(11-13)14(19)5-9-18-8-3-6-16-18/h3,6,8,12-13H,2,4-5,7,9-11H2,1H3,(H,20,21). The number of carboxylic acid groups (broad SMARTS) is 1. The summed E-state index contributed by atoms with van der Waals surface area (Å²) in [5, 5.41) is 13.0. The molecule has 6 heteroatoms. The van der Waals surface area contributed by atoms with E-state index in [9.17, 15) is 9.59 Å². The van der Waals surface area contributed by atoms with Gasteiger partial charge in [-0.15, -0.1) is 0 Å². The highest BCUT2D eigenvalue weighted by Gasteiger charge is 2.28. The van der Waals surface area contributed by atoms with E-state index in [-0.39, 0.29) is 18.2 Å². The first-order chi connectivity index (χ1) is 10.1. The van der Waals surface area contributed by atoms with Crippen LogP contribution in [0, 0.1) is 11.8 Å². The molecule has 0 saturated carbocycles. The minimum Gasteiger partial charge on any atom is -0.481 e. The maximum absolute atomic E-state index is 12.3. The summed E-state index contributed by atoms with van der Waals surface area (Å²) in [4.78, 5) is 24.9. The van der Waals surface area contributed by atoms with Gasteiger partial charge in [-0.1, -0.05) is 6.92 Å². The van der Waals surface area contributed by atoms with E-state index < -0.39 is 5.97 Å². The molecule has 1 aromatic rings. The Bertz CT molecular complexity index is 473. The molecule has 2 heterocycles. The third kappa shape index (κ3) is 4.58.